The lowest BCUT2D eigenvalue weighted by Gasteiger charge is -2.04. The van der Waals surface area contributed by atoms with Gasteiger partial charge in [0.25, 0.3) is 0 Å². The molecule has 0 unspecified atom stereocenters. The predicted molar refractivity (Wildman–Crippen MR) is 47.3 cm³/mol. The number of aliphatic hydroxyl groups excluding tert-OH is 1. The molecule has 0 aromatic carbocycles. The molecule has 1 heterocycles. The Morgan fingerprint density at radius 3 is 2.73 bits per heavy atom. The molecule has 0 aliphatic rings. The van der Waals surface area contributed by atoms with Crippen molar-refractivity contribution in [1.29, 1.82) is 0 Å². The topological polar surface area (TPSA) is 33.1 Å². The van der Waals surface area contributed by atoms with Gasteiger partial charge in [0.15, 0.2) is 0 Å². The van der Waals surface area contributed by atoms with Crippen molar-refractivity contribution in [2.75, 3.05) is 0 Å². The molecule has 0 saturated carbocycles. The third kappa shape index (κ3) is 2.01. The van der Waals surface area contributed by atoms with E-state index in [1.54, 1.807) is 13.1 Å². The second-order valence-corrected chi connectivity index (χ2v) is 3.39. The average Bonchev–Trinajstić information content (AvgIpc) is 1.94. The summed E-state index contributed by atoms with van der Waals surface area (Å²) in [6, 6.07) is 1.87. The van der Waals surface area contributed by atoms with Gasteiger partial charge in [-0.25, -0.2) is 0 Å². The Kier molecular flexibility index (Phi) is 2.62. The van der Waals surface area contributed by atoms with Gasteiger partial charge in [0.2, 0.25) is 0 Å². The highest BCUT2D eigenvalue weighted by molar-refractivity contribution is 9.10. The number of pyridine rings is 1. The Balaban J connectivity index is 3.05. The highest BCUT2D eigenvalue weighted by Crippen LogP contribution is 2.17. The molecule has 0 spiro atoms. The van der Waals surface area contributed by atoms with Crippen LogP contribution in [-0.2, 0) is 0 Å². The Labute approximate surface area is 74.4 Å². The zero-order valence-corrected chi connectivity index (χ0v) is 8.09. The van der Waals surface area contributed by atoms with E-state index in [1.165, 1.54) is 0 Å². The molecule has 0 amide bonds. The molecule has 2 nitrogen and oxygen atoms in total. The molecule has 0 bridgehead atoms. The van der Waals surface area contributed by atoms with Crippen LogP contribution in [0.3, 0.4) is 0 Å². The first-order chi connectivity index (χ1) is 5.11. The summed E-state index contributed by atoms with van der Waals surface area (Å²) in [4.78, 5) is 4.04. The molecule has 0 aliphatic carbocycles. The minimum Gasteiger partial charge on any atom is -0.387 e. The van der Waals surface area contributed by atoms with E-state index in [-0.39, 0.29) is 0 Å². The zero-order valence-electron chi connectivity index (χ0n) is 6.50. The molecule has 11 heavy (non-hydrogen) atoms. The van der Waals surface area contributed by atoms with E-state index in [1.807, 2.05) is 13.0 Å². The summed E-state index contributed by atoms with van der Waals surface area (Å²) >= 11 is 3.33. The SMILES string of the molecule is Cc1cc([C@@H](C)O)ncc1Br. The standard InChI is InChI=1S/C8H10BrNO/c1-5-3-8(6(2)11)10-4-7(5)9/h3-4,6,11H,1-2H3/t6-/m1/s1. The lowest BCUT2D eigenvalue weighted by atomic mass is 10.2. The fourth-order valence-corrected chi connectivity index (χ4v) is 1.01. The second-order valence-electron chi connectivity index (χ2n) is 2.53. The zero-order chi connectivity index (χ0) is 8.43. The predicted octanol–water partition coefficient (Wildman–Crippen LogP) is 2.21. The third-order valence-electron chi connectivity index (χ3n) is 1.50. The van der Waals surface area contributed by atoms with Crippen LogP contribution in [0.4, 0.5) is 0 Å². The maximum absolute atomic E-state index is 9.16. The number of aromatic nitrogens is 1. The summed E-state index contributed by atoms with van der Waals surface area (Å²) in [6.07, 6.45) is 1.22. The van der Waals surface area contributed by atoms with Gasteiger partial charge in [-0.05, 0) is 41.4 Å². The van der Waals surface area contributed by atoms with Crippen LogP contribution in [0.5, 0.6) is 0 Å². The lowest BCUT2D eigenvalue weighted by molar-refractivity contribution is 0.194. The van der Waals surface area contributed by atoms with Gasteiger partial charge in [0.1, 0.15) is 0 Å². The minimum atomic E-state index is -0.484. The Morgan fingerprint density at radius 2 is 2.27 bits per heavy atom. The molecule has 1 rings (SSSR count). The molecule has 0 radical (unpaired) electrons. The van der Waals surface area contributed by atoms with Crippen molar-refractivity contribution in [2.24, 2.45) is 0 Å². The van der Waals surface area contributed by atoms with Crippen molar-refractivity contribution in [2.45, 2.75) is 20.0 Å². The number of aryl methyl sites for hydroxylation is 1. The highest BCUT2D eigenvalue weighted by Gasteiger charge is 2.03. The van der Waals surface area contributed by atoms with Crippen LogP contribution in [0.25, 0.3) is 0 Å². The summed E-state index contributed by atoms with van der Waals surface area (Å²) in [5.41, 5.74) is 1.81. The van der Waals surface area contributed by atoms with Gasteiger partial charge < -0.3 is 5.11 Å². The van der Waals surface area contributed by atoms with Crippen molar-refractivity contribution < 1.29 is 5.11 Å². The number of hydrogen-bond acceptors (Lipinski definition) is 2. The molecule has 60 valence electrons. The average molecular weight is 216 g/mol. The lowest BCUT2D eigenvalue weighted by Crippen LogP contribution is -1.95. The summed E-state index contributed by atoms with van der Waals surface area (Å²) in [5, 5.41) is 9.16. The van der Waals surface area contributed by atoms with Gasteiger partial charge >= 0.3 is 0 Å². The van der Waals surface area contributed by atoms with Crippen molar-refractivity contribution in [3.8, 4) is 0 Å². The van der Waals surface area contributed by atoms with Crippen LogP contribution >= 0.6 is 15.9 Å². The van der Waals surface area contributed by atoms with Gasteiger partial charge in [-0.1, -0.05) is 0 Å². The van der Waals surface area contributed by atoms with Crippen LogP contribution in [0.1, 0.15) is 24.3 Å². The molecular formula is C8H10BrNO. The summed E-state index contributed by atoms with van der Waals surface area (Å²) in [7, 11) is 0. The summed E-state index contributed by atoms with van der Waals surface area (Å²) in [5.74, 6) is 0. The summed E-state index contributed by atoms with van der Waals surface area (Å²) in [6.45, 7) is 3.67. The Morgan fingerprint density at radius 1 is 1.64 bits per heavy atom. The van der Waals surface area contributed by atoms with Crippen molar-refractivity contribution in [3.05, 3.63) is 28.0 Å². The van der Waals surface area contributed by atoms with Crippen LogP contribution in [-0.4, -0.2) is 10.1 Å². The number of rotatable bonds is 1. The minimum absolute atomic E-state index is 0.484. The first-order valence-electron chi connectivity index (χ1n) is 3.41. The molecule has 1 atom stereocenters. The van der Waals surface area contributed by atoms with Crippen molar-refractivity contribution in [1.82, 2.24) is 4.98 Å². The van der Waals surface area contributed by atoms with Gasteiger partial charge in [-0.15, -0.1) is 0 Å². The molecule has 0 fully saturated rings. The van der Waals surface area contributed by atoms with Crippen molar-refractivity contribution >= 4 is 15.9 Å². The normalized spacial score (nSPS) is 13.1. The second kappa shape index (κ2) is 3.32. The van der Waals surface area contributed by atoms with Crippen molar-refractivity contribution in [3.63, 3.8) is 0 Å². The Hall–Kier alpha value is -0.410. The van der Waals surface area contributed by atoms with Gasteiger partial charge in [0, 0.05) is 10.7 Å². The fraction of sp³-hybridized carbons (Fsp3) is 0.375. The molecule has 1 aromatic rings. The number of halogens is 1. The van der Waals surface area contributed by atoms with Gasteiger partial charge in [-0.2, -0.15) is 0 Å². The van der Waals surface area contributed by atoms with E-state index in [0.29, 0.717) is 5.69 Å². The van der Waals surface area contributed by atoms with E-state index < -0.39 is 6.10 Å². The molecule has 1 N–H and O–H groups in total. The number of nitrogens with zero attached hydrogens (tertiary/aromatic N) is 1. The quantitative estimate of drug-likeness (QED) is 0.780. The number of hydrogen-bond donors (Lipinski definition) is 1. The summed E-state index contributed by atoms with van der Waals surface area (Å²) < 4.78 is 0.974. The fourth-order valence-electron chi connectivity index (χ4n) is 0.790. The molecular weight excluding hydrogens is 206 g/mol. The monoisotopic (exact) mass is 215 g/mol. The first kappa shape index (κ1) is 8.68. The van der Waals surface area contributed by atoms with Crippen LogP contribution in [0, 0.1) is 6.92 Å². The van der Waals surface area contributed by atoms with Crippen LogP contribution < -0.4 is 0 Å². The third-order valence-corrected chi connectivity index (χ3v) is 2.33. The largest absolute Gasteiger partial charge is 0.387 e. The highest BCUT2D eigenvalue weighted by atomic mass is 79.9. The number of aliphatic hydroxyl groups is 1. The van der Waals surface area contributed by atoms with E-state index in [4.69, 9.17) is 5.11 Å². The first-order valence-corrected chi connectivity index (χ1v) is 4.20. The molecule has 1 aromatic heterocycles. The molecule has 3 heteroatoms. The van der Waals surface area contributed by atoms with E-state index >= 15 is 0 Å². The van der Waals surface area contributed by atoms with E-state index in [2.05, 4.69) is 20.9 Å². The van der Waals surface area contributed by atoms with Crippen LogP contribution in [0.15, 0.2) is 16.7 Å². The van der Waals surface area contributed by atoms with Gasteiger partial charge in [-0.3, -0.25) is 4.98 Å². The maximum Gasteiger partial charge on any atom is 0.0931 e. The van der Waals surface area contributed by atoms with Gasteiger partial charge in [0.05, 0.1) is 11.8 Å². The van der Waals surface area contributed by atoms with E-state index in [0.717, 1.165) is 10.0 Å². The molecule has 0 saturated heterocycles. The Bertz CT molecular complexity index is 260. The maximum atomic E-state index is 9.16. The smallest absolute Gasteiger partial charge is 0.0931 e. The van der Waals surface area contributed by atoms with Crippen LogP contribution in [0.2, 0.25) is 0 Å². The molecule has 0 aliphatic heterocycles. The van der Waals surface area contributed by atoms with E-state index in [9.17, 15) is 0 Å².